The fraction of sp³-hybridized carbons (Fsp3) is 0.292. The molecule has 0 unspecified atom stereocenters. The molecule has 1 aliphatic rings. The Kier molecular flexibility index (Phi) is 5.50. The normalized spacial score (nSPS) is 12.2. The lowest BCUT2D eigenvalue weighted by molar-refractivity contribution is 0.0848. The van der Waals surface area contributed by atoms with Crippen LogP contribution >= 0.6 is 0 Å². The average molecular weight is 420 g/mol. The van der Waals surface area contributed by atoms with Crippen LogP contribution in [0.2, 0.25) is 0 Å². The van der Waals surface area contributed by atoms with Crippen molar-refractivity contribution in [1.29, 1.82) is 0 Å². The molecule has 7 nitrogen and oxygen atoms in total. The number of hydrogen-bond acceptors (Lipinski definition) is 5. The lowest BCUT2D eigenvalue weighted by atomic mass is 9.98. The van der Waals surface area contributed by atoms with Gasteiger partial charge in [0.2, 0.25) is 0 Å². The molecule has 2 aromatic heterocycles. The lowest BCUT2D eigenvalue weighted by Crippen LogP contribution is -2.25. The molecule has 1 aliphatic heterocycles. The summed E-state index contributed by atoms with van der Waals surface area (Å²) < 4.78 is 12.1. The van der Waals surface area contributed by atoms with Crippen molar-refractivity contribution in [1.82, 2.24) is 9.55 Å². The predicted molar refractivity (Wildman–Crippen MR) is 118 cm³/mol. The van der Waals surface area contributed by atoms with Crippen LogP contribution in [0, 0.1) is 6.92 Å². The molecular weight excluding hydrogens is 396 g/mol. The van der Waals surface area contributed by atoms with E-state index in [1.54, 1.807) is 11.5 Å². The van der Waals surface area contributed by atoms with Gasteiger partial charge in [-0.15, -0.1) is 0 Å². The fourth-order valence-corrected chi connectivity index (χ4v) is 4.10. The summed E-state index contributed by atoms with van der Waals surface area (Å²) in [5.41, 5.74) is 5.37. The van der Waals surface area contributed by atoms with E-state index >= 15 is 0 Å². The van der Waals surface area contributed by atoms with Crippen LogP contribution in [0.4, 0.5) is 4.79 Å². The zero-order valence-corrected chi connectivity index (χ0v) is 17.8. The maximum atomic E-state index is 13.1. The van der Waals surface area contributed by atoms with Gasteiger partial charge in [0.05, 0.1) is 29.0 Å². The van der Waals surface area contributed by atoms with Gasteiger partial charge in [-0.2, -0.15) is 0 Å². The molecule has 0 amide bonds. The Balaban J connectivity index is 1.82. The first-order valence-corrected chi connectivity index (χ1v) is 10.2. The summed E-state index contributed by atoms with van der Waals surface area (Å²) >= 11 is 0. The molecule has 0 saturated heterocycles. The highest BCUT2D eigenvalue weighted by Crippen LogP contribution is 2.37. The molecule has 0 saturated carbocycles. The van der Waals surface area contributed by atoms with E-state index in [0.29, 0.717) is 24.3 Å². The third-order valence-electron chi connectivity index (χ3n) is 5.63. The van der Waals surface area contributed by atoms with Crippen LogP contribution in [0.15, 0.2) is 41.2 Å². The quantitative estimate of drug-likeness (QED) is 0.366. The second-order valence-electron chi connectivity index (χ2n) is 7.47. The van der Waals surface area contributed by atoms with Gasteiger partial charge in [0.15, 0.2) is 0 Å². The Morgan fingerprint density at radius 3 is 2.81 bits per heavy atom. The van der Waals surface area contributed by atoms with Crippen LogP contribution in [0.25, 0.3) is 22.3 Å². The molecular formula is C24H24N2O5. The second kappa shape index (κ2) is 8.26. The largest absolute Gasteiger partial charge is 0.506 e. The highest BCUT2D eigenvalue weighted by Gasteiger charge is 2.27. The zero-order chi connectivity index (χ0) is 22.1. The first-order chi connectivity index (χ1) is 14.9. The molecule has 0 atom stereocenters. The van der Waals surface area contributed by atoms with Crippen molar-refractivity contribution in [3.63, 3.8) is 0 Å². The molecule has 3 aromatic rings. The minimum atomic E-state index is -1.40. The number of carbonyl (C=O) groups is 1. The minimum absolute atomic E-state index is 0.240. The number of ether oxygens (including phenoxy) is 2. The Morgan fingerprint density at radius 2 is 2.10 bits per heavy atom. The Labute approximate surface area is 179 Å². The number of hydrogen-bond donors (Lipinski definition) is 1. The first kappa shape index (κ1) is 20.7. The lowest BCUT2D eigenvalue weighted by Gasteiger charge is -2.12. The van der Waals surface area contributed by atoms with E-state index in [0.717, 1.165) is 45.6 Å². The highest BCUT2D eigenvalue weighted by molar-refractivity contribution is 5.89. The van der Waals surface area contributed by atoms with E-state index in [2.05, 4.69) is 11.7 Å². The van der Waals surface area contributed by atoms with Gasteiger partial charge in [0, 0.05) is 10.9 Å². The van der Waals surface area contributed by atoms with Gasteiger partial charge < -0.3 is 19.1 Å². The molecule has 0 spiro atoms. The van der Waals surface area contributed by atoms with E-state index < -0.39 is 6.16 Å². The van der Waals surface area contributed by atoms with Gasteiger partial charge in [0.1, 0.15) is 19.0 Å². The Morgan fingerprint density at radius 1 is 1.29 bits per heavy atom. The maximum Gasteiger partial charge on any atom is 0.506 e. The number of benzene rings is 1. The SMILES string of the molecule is C/C=C\COc1ccc2nc3c(c(CC)c2c1)Cn1c-3cc(C)c(COC(=O)O)c1=O. The van der Waals surface area contributed by atoms with Crippen molar-refractivity contribution in [2.45, 2.75) is 40.3 Å². The first-order valence-electron chi connectivity index (χ1n) is 10.2. The summed E-state index contributed by atoms with van der Waals surface area (Å²) in [6, 6.07) is 7.75. The van der Waals surface area contributed by atoms with Crippen molar-refractivity contribution >= 4 is 17.1 Å². The highest BCUT2D eigenvalue weighted by atomic mass is 16.7. The molecule has 31 heavy (non-hydrogen) atoms. The van der Waals surface area contributed by atoms with Gasteiger partial charge in [0.25, 0.3) is 5.56 Å². The van der Waals surface area contributed by atoms with E-state index in [9.17, 15) is 9.59 Å². The Hall–Kier alpha value is -3.61. The van der Waals surface area contributed by atoms with Crippen molar-refractivity contribution in [3.8, 4) is 17.1 Å². The molecule has 0 aliphatic carbocycles. The number of fused-ring (bicyclic) bond motifs is 4. The molecule has 3 heterocycles. The summed E-state index contributed by atoms with van der Waals surface area (Å²) in [5.74, 6) is 0.777. The monoisotopic (exact) mass is 420 g/mol. The van der Waals surface area contributed by atoms with Crippen molar-refractivity contribution in [3.05, 3.63) is 69.0 Å². The van der Waals surface area contributed by atoms with Gasteiger partial charge in [-0.25, -0.2) is 9.78 Å². The van der Waals surface area contributed by atoms with Crippen LogP contribution < -0.4 is 10.3 Å². The van der Waals surface area contributed by atoms with E-state index in [-0.39, 0.29) is 12.2 Å². The second-order valence-corrected chi connectivity index (χ2v) is 7.47. The van der Waals surface area contributed by atoms with Gasteiger partial charge in [-0.3, -0.25) is 4.79 Å². The van der Waals surface area contributed by atoms with Crippen molar-refractivity contribution < 1.29 is 19.4 Å². The number of pyridine rings is 2. The third kappa shape index (κ3) is 3.67. The molecule has 1 N–H and O–H groups in total. The fourth-order valence-electron chi connectivity index (χ4n) is 4.10. The van der Waals surface area contributed by atoms with E-state index in [1.165, 1.54) is 0 Å². The number of aryl methyl sites for hydroxylation is 2. The number of nitrogens with zero attached hydrogens (tertiary/aromatic N) is 2. The van der Waals surface area contributed by atoms with Crippen LogP contribution in [-0.4, -0.2) is 27.4 Å². The molecule has 4 rings (SSSR count). The van der Waals surface area contributed by atoms with Crippen LogP contribution in [0.3, 0.4) is 0 Å². The summed E-state index contributed by atoms with van der Waals surface area (Å²) in [6.45, 7) is 6.47. The number of rotatable bonds is 6. The van der Waals surface area contributed by atoms with Crippen molar-refractivity contribution in [2.75, 3.05) is 6.61 Å². The number of carboxylic acid groups (broad SMARTS) is 1. The predicted octanol–water partition coefficient (Wildman–Crippen LogP) is 4.45. The Bertz CT molecular complexity index is 1270. The summed E-state index contributed by atoms with van der Waals surface area (Å²) in [5, 5.41) is 9.82. The molecule has 1 aromatic carbocycles. The van der Waals surface area contributed by atoms with E-state index in [1.807, 2.05) is 43.3 Å². The summed E-state index contributed by atoms with van der Waals surface area (Å²) in [6.07, 6.45) is 3.28. The minimum Gasteiger partial charge on any atom is -0.490 e. The zero-order valence-electron chi connectivity index (χ0n) is 17.8. The standard InChI is InChI=1S/C24H24N2O5/c1-4-6-9-30-15-7-8-20-17(11-15)16(5-2)18-12-26-21(22(18)25-20)10-14(3)19(23(26)27)13-31-24(28)29/h4,6-8,10-11H,5,9,12-13H2,1-3H3,(H,28,29)/b6-4-. The third-order valence-corrected chi connectivity index (χ3v) is 5.63. The topological polar surface area (TPSA) is 90.7 Å². The maximum absolute atomic E-state index is 13.1. The molecule has 160 valence electrons. The van der Waals surface area contributed by atoms with Gasteiger partial charge >= 0.3 is 6.16 Å². The van der Waals surface area contributed by atoms with Crippen LogP contribution in [0.1, 0.15) is 36.1 Å². The molecule has 0 fully saturated rings. The van der Waals surface area contributed by atoms with Crippen LogP contribution in [0.5, 0.6) is 5.75 Å². The molecule has 7 heteroatoms. The van der Waals surface area contributed by atoms with Gasteiger partial charge in [-0.05, 0) is 55.7 Å². The smallest absolute Gasteiger partial charge is 0.490 e. The molecule has 0 radical (unpaired) electrons. The van der Waals surface area contributed by atoms with E-state index in [4.69, 9.17) is 14.8 Å². The van der Waals surface area contributed by atoms with Crippen LogP contribution in [-0.2, 0) is 24.3 Å². The number of aromatic nitrogens is 2. The van der Waals surface area contributed by atoms with Crippen molar-refractivity contribution in [2.24, 2.45) is 0 Å². The molecule has 0 bridgehead atoms. The average Bonchev–Trinajstić information content (AvgIpc) is 3.10. The number of allylic oxidation sites excluding steroid dienone is 1. The summed E-state index contributed by atoms with van der Waals surface area (Å²) in [4.78, 5) is 28.7. The summed E-state index contributed by atoms with van der Waals surface area (Å²) in [7, 11) is 0. The van der Waals surface area contributed by atoms with Gasteiger partial charge in [-0.1, -0.05) is 19.1 Å².